The Morgan fingerprint density at radius 2 is 2.12 bits per heavy atom. The SMILES string of the molecule is COc1cc(NC(=O)CCCN)ccc1Nc1nc2ccccc2o1. The molecule has 0 radical (unpaired) electrons. The summed E-state index contributed by atoms with van der Waals surface area (Å²) in [7, 11) is 1.56. The maximum atomic E-state index is 11.8. The maximum absolute atomic E-state index is 11.8. The lowest BCUT2D eigenvalue weighted by atomic mass is 10.2. The molecular formula is C18H20N4O3. The molecule has 7 nitrogen and oxygen atoms in total. The molecule has 130 valence electrons. The minimum atomic E-state index is -0.0767. The van der Waals surface area contributed by atoms with Crippen LogP contribution in [0.15, 0.2) is 46.9 Å². The van der Waals surface area contributed by atoms with Crippen molar-refractivity contribution in [2.75, 3.05) is 24.3 Å². The third-order valence-electron chi connectivity index (χ3n) is 3.63. The Balaban J connectivity index is 1.76. The summed E-state index contributed by atoms with van der Waals surface area (Å²) in [6.45, 7) is 0.490. The van der Waals surface area contributed by atoms with Gasteiger partial charge in [-0.15, -0.1) is 0 Å². The van der Waals surface area contributed by atoms with E-state index in [0.29, 0.717) is 48.1 Å². The van der Waals surface area contributed by atoms with Crippen molar-refractivity contribution in [2.24, 2.45) is 5.73 Å². The van der Waals surface area contributed by atoms with Crippen LogP contribution in [0.5, 0.6) is 5.75 Å². The fraction of sp³-hybridized carbons (Fsp3) is 0.222. The highest BCUT2D eigenvalue weighted by Gasteiger charge is 2.10. The number of nitrogens with one attached hydrogen (secondary N) is 2. The number of amides is 1. The van der Waals surface area contributed by atoms with E-state index >= 15 is 0 Å². The van der Waals surface area contributed by atoms with Gasteiger partial charge in [-0.2, -0.15) is 4.98 Å². The zero-order chi connectivity index (χ0) is 17.6. The number of anilines is 3. The minimum Gasteiger partial charge on any atom is -0.494 e. The first-order valence-electron chi connectivity index (χ1n) is 8.00. The summed E-state index contributed by atoms with van der Waals surface area (Å²) >= 11 is 0. The molecule has 7 heteroatoms. The molecule has 1 amide bonds. The average Bonchev–Trinajstić information content (AvgIpc) is 3.03. The van der Waals surface area contributed by atoms with Crippen molar-refractivity contribution in [3.05, 3.63) is 42.5 Å². The third kappa shape index (κ3) is 4.07. The number of ether oxygens (including phenoxy) is 1. The van der Waals surface area contributed by atoms with Gasteiger partial charge in [0.2, 0.25) is 5.91 Å². The first kappa shape index (κ1) is 16.8. The van der Waals surface area contributed by atoms with Crippen LogP contribution >= 0.6 is 0 Å². The molecule has 3 aromatic rings. The molecule has 1 heterocycles. The lowest BCUT2D eigenvalue weighted by Crippen LogP contribution is -2.13. The molecule has 0 saturated heterocycles. The molecular weight excluding hydrogens is 320 g/mol. The fourth-order valence-electron chi connectivity index (χ4n) is 2.40. The number of hydrogen-bond acceptors (Lipinski definition) is 6. The molecule has 0 saturated carbocycles. The molecule has 4 N–H and O–H groups in total. The highest BCUT2D eigenvalue weighted by molar-refractivity contribution is 5.91. The number of fused-ring (bicyclic) bond motifs is 1. The summed E-state index contributed by atoms with van der Waals surface area (Å²) in [4.78, 5) is 16.2. The quantitative estimate of drug-likeness (QED) is 0.610. The van der Waals surface area contributed by atoms with E-state index in [-0.39, 0.29) is 5.91 Å². The summed E-state index contributed by atoms with van der Waals surface area (Å²) in [5.74, 6) is 0.492. The second kappa shape index (κ2) is 7.67. The van der Waals surface area contributed by atoms with Crippen molar-refractivity contribution >= 4 is 34.4 Å². The van der Waals surface area contributed by atoms with E-state index in [0.717, 1.165) is 5.52 Å². The molecule has 0 aliphatic heterocycles. The monoisotopic (exact) mass is 340 g/mol. The summed E-state index contributed by atoms with van der Waals surface area (Å²) < 4.78 is 11.0. The van der Waals surface area contributed by atoms with Gasteiger partial charge in [0, 0.05) is 18.2 Å². The lowest BCUT2D eigenvalue weighted by Gasteiger charge is -2.11. The minimum absolute atomic E-state index is 0.0767. The molecule has 0 unspecified atom stereocenters. The molecule has 0 bridgehead atoms. The van der Waals surface area contributed by atoms with Crippen molar-refractivity contribution in [3.8, 4) is 5.75 Å². The first-order chi connectivity index (χ1) is 12.2. The second-order valence-corrected chi connectivity index (χ2v) is 5.47. The molecule has 0 fully saturated rings. The van der Waals surface area contributed by atoms with Crippen molar-refractivity contribution in [3.63, 3.8) is 0 Å². The fourth-order valence-corrected chi connectivity index (χ4v) is 2.40. The van der Waals surface area contributed by atoms with Crippen LogP contribution in [0.1, 0.15) is 12.8 Å². The highest BCUT2D eigenvalue weighted by Crippen LogP contribution is 2.31. The van der Waals surface area contributed by atoms with Crippen LogP contribution in [0.4, 0.5) is 17.4 Å². The van der Waals surface area contributed by atoms with Crippen molar-refractivity contribution < 1.29 is 13.9 Å². The number of para-hydroxylation sites is 2. The number of benzene rings is 2. The Kier molecular flexibility index (Phi) is 5.15. The maximum Gasteiger partial charge on any atom is 0.300 e. The third-order valence-corrected chi connectivity index (χ3v) is 3.63. The van der Waals surface area contributed by atoms with E-state index in [1.165, 1.54) is 0 Å². The number of methoxy groups -OCH3 is 1. The van der Waals surface area contributed by atoms with Gasteiger partial charge in [-0.25, -0.2) is 0 Å². The summed E-state index contributed by atoms with van der Waals surface area (Å²) in [5, 5.41) is 5.92. The molecule has 0 atom stereocenters. The molecule has 1 aromatic heterocycles. The lowest BCUT2D eigenvalue weighted by molar-refractivity contribution is -0.116. The van der Waals surface area contributed by atoms with Crippen LogP contribution in [0.3, 0.4) is 0 Å². The van der Waals surface area contributed by atoms with E-state index < -0.39 is 0 Å². The zero-order valence-electron chi connectivity index (χ0n) is 13.9. The number of rotatable bonds is 7. The van der Waals surface area contributed by atoms with E-state index in [2.05, 4.69) is 15.6 Å². The number of aromatic nitrogens is 1. The van der Waals surface area contributed by atoms with Gasteiger partial charge in [0.15, 0.2) is 5.58 Å². The molecule has 0 spiro atoms. The van der Waals surface area contributed by atoms with E-state index in [9.17, 15) is 4.79 Å². The Labute approximate surface area is 145 Å². The molecule has 0 aliphatic carbocycles. The standard InChI is InChI=1S/C18H20N4O3/c1-24-16-11-12(20-17(23)7-4-10-19)8-9-14(16)22-18-21-13-5-2-3-6-15(13)25-18/h2-3,5-6,8-9,11H,4,7,10,19H2,1H3,(H,20,23)(H,21,22). The first-order valence-corrected chi connectivity index (χ1v) is 8.00. The topological polar surface area (TPSA) is 102 Å². The molecule has 25 heavy (non-hydrogen) atoms. The number of nitrogens with two attached hydrogens (primary N) is 1. The largest absolute Gasteiger partial charge is 0.494 e. The second-order valence-electron chi connectivity index (χ2n) is 5.47. The van der Waals surface area contributed by atoms with Crippen molar-refractivity contribution in [1.82, 2.24) is 4.98 Å². The van der Waals surface area contributed by atoms with Gasteiger partial charge in [-0.1, -0.05) is 12.1 Å². The number of carbonyl (C=O) groups excluding carboxylic acids is 1. The smallest absolute Gasteiger partial charge is 0.300 e. The Hall–Kier alpha value is -3.06. The van der Waals surface area contributed by atoms with Gasteiger partial charge in [0.05, 0.1) is 12.8 Å². The molecule has 2 aromatic carbocycles. The van der Waals surface area contributed by atoms with Crippen LogP contribution in [0.25, 0.3) is 11.1 Å². The Morgan fingerprint density at radius 1 is 1.28 bits per heavy atom. The Bertz CT molecular complexity index is 843. The molecule has 0 aliphatic rings. The Morgan fingerprint density at radius 3 is 2.88 bits per heavy atom. The molecule has 3 rings (SSSR count). The number of nitrogens with zero attached hydrogens (tertiary/aromatic N) is 1. The predicted molar refractivity (Wildman–Crippen MR) is 97.2 cm³/mol. The highest BCUT2D eigenvalue weighted by atomic mass is 16.5. The van der Waals surface area contributed by atoms with Gasteiger partial charge in [0.25, 0.3) is 6.01 Å². The number of hydrogen-bond donors (Lipinski definition) is 3. The van der Waals surface area contributed by atoms with Gasteiger partial charge in [0.1, 0.15) is 11.3 Å². The van der Waals surface area contributed by atoms with Gasteiger partial charge in [-0.05, 0) is 37.2 Å². The van der Waals surface area contributed by atoms with E-state index in [1.54, 1.807) is 25.3 Å². The van der Waals surface area contributed by atoms with Crippen LogP contribution < -0.4 is 21.1 Å². The van der Waals surface area contributed by atoms with Crippen LogP contribution in [0.2, 0.25) is 0 Å². The predicted octanol–water partition coefficient (Wildman–Crippen LogP) is 3.26. The number of carbonyl (C=O) groups is 1. The average molecular weight is 340 g/mol. The van der Waals surface area contributed by atoms with Crippen molar-refractivity contribution in [1.29, 1.82) is 0 Å². The summed E-state index contributed by atoms with van der Waals surface area (Å²) in [6, 6.07) is 13.2. The van der Waals surface area contributed by atoms with Gasteiger partial charge in [-0.3, -0.25) is 4.79 Å². The normalized spacial score (nSPS) is 10.6. The van der Waals surface area contributed by atoms with E-state index in [1.807, 2.05) is 24.3 Å². The van der Waals surface area contributed by atoms with Crippen molar-refractivity contribution in [2.45, 2.75) is 12.8 Å². The summed E-state index contributed by atoms with van der Waals surface area (Å²) in [6.07, 6.45) is 1.04. The van der Waals surface area contributed by atoms with Crippen LogP contribution in [0, 0.1) is 0 Å². The van der Waals surface area contributed by atoms with Crippen LogP contribution in [-0.2, 0) is 4.79 Å². The number of oxazole rings is 1. The van der Waals surface area contributed by atoms with Crippen LogP contribution in [-0.4, -0.2) is 24.5 Å². The van der Waals surface area contributed by atoms with Gasteiger partial charge < -0.3 is 25.5 Å². The summed E-state index contributed by atoms with van der Waals surface area (Å²) in [5.41, 5.74) is 8.23. The zero-order valence-corrected chi connectivity index (χ0v) is 13.9. The van der Waals surface area contributed by atoms with Gasteiger partial charge >= 0.3 is 0 Å². The van der Waals surface area contributed by atoms with E-state index in [4.69, 9.17) is 14.9 Å².